The predicted octanol–water partition coefficient (Wildman–Crippen LogP) is 4.17. The van der Waals surface area contributed by atoms with Crippen LogP contribution in [0.25, 0.3) is 22.4 Å². The van der Waals surface area contributed by atoms with E-state index >= 15 is 0 Å². The summed E-state index contributed by atoms with van der Waals surface area (Å²) in [5.74, 6) is 0.119. The van der Waals surface area contributed by atoms with Gasteiger partial charge in [-0.25, -0.2) is 9.78 Å². The number of aliphatic hydroxyl groups excluding tert-OH is 1. The molecule has 2 heterocycles. The Morgan fingerprint density at radius 1 is 1.14 bits per heavy atom. The molecule has 5 rings (SSSR count). The average Bonchev–Trinajstić information content (AvgIpc) is 2.85. The molecule has 2 amide bonds. The minimum absolute atomic E-state index is 0.165. The molecule has 180 valence electrons. The molecule has 8 nitrogen and oxygen atoms in total. The molecule has 1 aliphatic carbocycles. The summed E-state index contributed by atoms with van der Waals surface area (Å²) in [5, 5.41) is 21.4. The summed E-state index contributed by atoms with van der Waals surface area (Å²) < 4.78 is 5.92. The molecule has 8 heteroatoms. The number of nitrogens with zero attached hydrogens (tertiary/aromatic N) is 2. The Morgan fingerprint density at radius 3 is 2.46 bits per heavy atom. The number of aliphatic hydroxyl groups is 1. The summed E-state index contributed by atoms with van der Waals surface area (Å²) >= 11 is 0. The molecule has 1 aliphatic heterocycles. The van der Waals surface area contributed by atoms with Gasteiger partial charge in [-0.15, -0.1) is 0 Å². The first-order valence-electron chi connectivity index (χ1n) is 11.7. The summed E-state index contributed by atoms with van der Waals surface area (Å²) in [5.41, 5.74) is 4.30. The van der Waals surface area contributed by atoms with Crippen LogP contribution in [0.15, 0.2) is 60.7 Å². The zero-order valence-electron chi connectivity index (χ0n) is 19.4. The van der Waals surface area contributed by atoms with Gasteiger partial charge in [0.25, 0.3) is 5.91 Å². The monoisotopic (exact) mass is 473 g/mol. The minimum atomic E-state index is -1.02. The van der Waals surface area contributed by atoms with Crippen molar-refractivity contribution in [3.05, 3.63) is 66.2 Å². The van der Waals surface area contributed by atoms with Crippen LogP contribution in [0.1, 0.15) is 31.2 Å². The Kier molecular flexibility index (Phi) is 5.90. The van der Waals surface area contributed by atoms with Gasteiger partial charge in [-0.3, -0.25) is 4.79 Å². The van der Waals surface area contributed by atoms with Crippen LogP contribution in [0.4, 0.5) is 10.5 Å². The van der Waals surface area contributed by atoms with Crippen LogP contribution in [-0.2, 0) is 10.3 Å². The van der Waals surface area contributed by atoms with E-state index in [2.05, 4.69) is 5.32 Å². The van der Waals surface area contributed by atoms with Gasteiger partial charge < -0.3 is 25.2 Å². The van der Waals surface area contributed by atoms with Crippen molar-refractivity contribution in [2.45, 2.75) is 37.3 Å². The van der Waals surface area contributed by atoms with E-state index in [4.69, 9.17) is 9.72 Å². The third-order valence-corrected chi connectivity index (χ3v) is 6.93. The van der Waals surface area contributed by atoms with Gasteiger partial charge >= 0.3 is 6.09 Å². The molecule has 1 fully saturated rings. The number of anilines is 1. The van der Waals surface area contributed by atoms with Crippen LogP contribution in [0.3, 0.4) is 0 Å². The zero-order valence-corrected chi connectivity index (χ0v) is 19.4. The number of likely N-dealkylation sites (N-methyl/N-ethyl adjacent to an activating group) is 1. The Bertz CT molecular complexity index is 1260. The second-order valence-electron chi connectivity index (χ2n) is 9.03. The molecular formula is C27H27N3O5. The molecule has 3 aromatic rings. The first-order valence-corrected chi connectivity index (χ1v) is 11.7. The SMILES string of the molecule is CN1C(=O)C(CCO)Oc2nc(-c3ccc(C4(NC(=O)O)CCC4)cc3)c(-c3ccccc3)cc21. The highest BCUT2D eigenvalue weighted by molar-refractivity contribution is 6.00. The molecule has 1 aromatic heterocycles. The number of pyridine rings is 1. The van der Waals surface area contributed by atoms with Crippen molar-refractivity contribution in [1.82, 2.24) is 10.3 Å². The van der Waals surface area contributed by atoms with Crippen LogP contribution in [0, 0.1) is 0 Å². The molecule has 3 N–H and O–H groups in total. The van der Waals surface area contributed by atoms with E-state index in [1.54, 1.807) is 7.05 Å². The number of hydrogen-bond acceptors (Lipinski definition) is 5. The van der Waals surface area contributed by atoms with E-state index in [-0.39, 0.29) is 18.9 Å². The Hall–Kier alpha value is -3.91. The number of fused-ring (bicyclic) bond motifs is 1. The summed E-state index contributed by atoms with van der Waals surface area (Å²) in [4.78, 5) is 30.5. The molecule has 2 aromatic carbocycles. The van der Waals surface area contributed by atoms with Gasteiger partial charge in [-0.05, 0) is 36.5 Å². The molecule has 0 radical (unpaired) electrons. The average molecular weight is 474 g/mol. The van der Waals surface area contributed by atoms with E-state index in [9.17, 15) is 19.8 Å². The Morgan fingerprint density at radius 2 is 1.86 bits per heavy atom. The number of nitrogens with one attached hydrogen (secondary N) is 1. The summed E-state index contributed by atoms with van der Waals surface area (Å²) in [6, 6.07) is 19.5. The zero-order chi connectivity index (χ0) is 24.6. The van der Waals surface area contributed by atoms with Crippen molar-refractivity contribution in [1.29, 1.82) is 0 Å². The molecule has 1 atom stereocenters. The number of benzene rings is 2. The fraction of sp³-hybridized carbons (Fsp3) is 0.296. The van der Waals surface area contributed by atoms with Crippen LogP contribution in [0.5, 0.6) is 5.88 Å². The van der Waals surface area contributed by atoms with Gasteiger partial charge in [0.2, 0.25) is 5.88 Å². The highest BCUT2D eigenvalue weighted by Crippen LogP contribution is 2.44. The number of carboxylic acid groups (broad SMARTS) is 1. The molecule has 35 heavy (non-hydrogen) atoms. The number of hydrogen-bond donors (Lipinski definition) is 3. The van der Waals surface area contributed by atoms with Crippen LogP contribution in [0.2, 0.25) is 0 Å². The quantitative estimate of drug-likeness (QED) is 0.496. The lowest BCUT2D eigenvalue weighted by atomic mass is 9.71. The van der Waals surface area contributed by atoms with E-state index in [0.29, 0.717) is 17.3 Å². The van der Waals surface area contributed by atoms with Gasteiger partial charge in [0.1, 0.15) is 5.69 Å². The molecule has 0 bridgehead atoms. The van der Waals surface area contributed by atoms with Crippen LogP contribution < -0.4 is 15.0 Å². The number of aromatic nitrogens is 1. The topological polar surface area (TPSA) is 112 Å². The summed E-state index contributed by atoms with van der Waals surface area (Å²) in [6.45, 7) is -0.165. The molecule has 1 unspecified atom stereocenters. The van der Waals surface area contributed by atoms with Crippen molar-refractivity contribution < 1.29 is 24.5 Å². The van der Waals surface area contributed by atoms with Crippen molar-refractivity contribution in [2.75, 3.05) is 18.6 Å². The van der Waals surface area contributed by atoms with Crippen molar-refractivity contribution >= 4 is 17.7 Å². The Labute approximate surface area is 203 Å². The maximum absolute atomic E-state index is 12.7. The fourth-order valence-electron chi connectivity index (χ4n) is 4.86. The van der Waals surface area contributed by atoms with E-state index in [1.165, 1.54) is 4.90 Å². The van der Waals surface area contributed by atoms with E-state index in [0.717, 1.165) is 41.5 Å². The fourth-order valence-corrected chi connectivity index (χ4v) is 4.86. The molecule has 2 aliphatic rings. The maximum Gasteiger partial charge on any atom is 0.405 e. The van der Waals surface area contributed by atoms with Crippen molar-refractivity contribution in [2.24, 2.45) is 0 Å². The third kappa shape index (κ3) is 4.10. The number of rotatable bonds is 6. The standard InChI is InChI=1S/C27H27N3O5/c1-30-21-16-20(17-6-3-2-4-7-17)23(28-24(21)35-22(12-15-31)25(30)32)18-8-10-19(11-9-18)27(13-5-14-27)29-26(33)34/h2-4,6-11,16,22,29,31H,5,12-15H2,1H3,(H,33,34). The minimum Gasteiger partial charge on any atom is -0.465 e. The Balaban J connectivity index is 1.60. The second-order valence-corrected chi connectivity index (χ2v) is 9.03. The summed E-state index contributed by atoms with van der Waals surface area (Å²) in [7, 11) is 1.69. The van der Waals surface area contributed by atoms with Gasteiger partial charge in [-0.2, -0.15) is 0 Å². The number of carbonyl (C=O) groups excluding carboxylic acids is 1. The smallest absolute Gasteiger partial charge is 0.405 e. The predicted molar refractivity (Wildman–Crippen MR) is 131 cm³/mol. The number of ether oxygens (including phenoxy) is 1. The van der Waals surface area contributed by atoms with E-state index < -0.39 is 17.7 Å². The molecule has 0 spiro atoms. The number of amides is 2. The highest BCUT2D eigenvalue weighted by Gasteiger charge is 2.40. The second kappa shape index (κ2) is 9.03. The largest absolute Gasteiger partial charge is 0.465 e. The maximum atomic E-state index is 12.7. The lowest BCUT2D eigenvalue weighted by Crippen LogP contribution is -2.50. The van der Waals surface area contributed by atoms with Crippen molar-refractivity contribution in [3.63, 3.8) is 0 Å². The number of carbonyl (C=O) groups is 2. The highest BCUT2D eigenvalue weighted by atomic mass is 16.5. The first-order chi connectivity index (χ1) is 16.9. The van der Waals surface area contributed by atoms with Gasteiger partial charge in [0, 0.05) is 31.2 Å². The van der Waals surface area contributed by atoms with E-state index in [1.807, 2.05) is 60.7 Å². The lowest BCUT2D eigenvalue weighted by molar-refractivity contribution is -0.126. The molecule has 0 saturated heterocycles. The first kappa shape index (κ1) is 22.9. The normalized spacial score (nSPS) is 18.3. The van der Waals surface area contributed by atoms with Crippen LogP contribution >= 0.6 is 0 Å². The molecule has 1 saturated carbocycles. The molecular weight excluding hydrogens is 446 g/mol. The van der Waals surface area contributed by atoms with Gasteiger partial charge in [0.05, 0.1) is 11.2 Å². The third-order valence-electron chi connectivity index (χ3n) is 6.93. The van der Waals surface area contributed by atoms with Gasteiger partial charge in [-0.1, -0.05) is 54.6 Å². The van der Waals surface area contributed by atoms with Crippen molar-refractivity contribution in [3.8, 4) is 28.3 Å². The lowest BCUT2D eigenvalue weighted by Gasteiger charge is -2.42. The van der Waals surface area contributed by atoms with Crippen LogP contribution in [-0.4, -0.2) is 47.0 Å². The van der Waals surface area contributed by atoms with Gasteiger partial charge in [0.15, 0.2) is 6.10 Å². The summed E-state index contributed by atoms with van der Waals surface area (Å²) in [6.07, 6.45) is 0.892.